The summed E-state index contributed by atoms with van der Waals surface area (Å²) < 4.78 is 46.0. The van der Waals surface area contributed by atoms with E-state index in [-0.39, 0.29) is 11.3 Å². The van der Waals surface area contributed by atoms with Gasteiger partial charge >= 0.3 is 12.2 Å². The predicted molar refractivity (Wildman–Crippen MR) is 80.5 cm³/mol. The molecular formula is C16H12F3N3O4. The fourth-order valence-electron chi connectivity index (χ4n) is 2.46. The number of carbonyl (C=O) groups excluding carboxylic acids is 3. The summed E-state index contributed by atoms with van der Waals surface area (Å²) in [7, 11) is 0. The van der Waals surface area contributed by atoms with Crippen LogP contribution in [-0.2, 0) is 11.3 Å². The van der Waals surface area contributed by atoms with Crippen molar-refractivity contribution in [2.75, 3.05) is 0 Å². The molecule has 0 saturated carbocycles. The number of rotatable bonds is 4. The molecule has 0 aliphatic carbocycles. The molecule has 0 bridgehead atoms. The lowest BCUT2D eigenvalue weighted by molar-refractivity contribution is -0.200. The van der Waals surface area contributed by atoms with Gasteiger partial charge in [-0.1, -0.05) is 18.2 Å². The van der Waals surface area contributed by atoms with Crippen LogP contribution in [-0.4, -0.2) is 34.6 Å². The Hall–Kier alpha value is -3.30. The molecule has 2 aromatic rings. The first-order valence-electron chi connectivity index (χ1n) is 7.35. The van der Waals surface area contributed by atoms with Crippen LogP contribution in [0.5, 0.6) is 0 Å². The molecule has 0 spiro atoms. The molecule has 1 aliphatic heterocycles. The first-order chi connectivity index (χ1) is 12.2. The SMILES string of the molecule is O=C(N[C@]1(C(F)(F)F)NC(=O)N(Cc2ccco2)C1=O)c1ccccc1. The topological polar surface area (TPSA) is 91.7 Å². The average Bonchev–Trinajstić information content (AvgIpc) is 3.18. The van der Waals surface area contributed by atoms with Gasteiger partial charge < -0.3 is 9.73 Å². The van der Waals surface area contributed by atoms with E-state index in [1.165, 1.54) is 42.7 Å². The molecule has 0 unspecified atom stereocenters. The summed E-state index contributed by atoms with van der Waals surface area (Å²) in [5, 5.41) is 3.18. The Morgan fingerprint density at radius 1 is 1.15 bits per heavy atom. The Morgan fingerprint density at radius 3 is 2.42 bits per heavy atom. The minimum Gasteiger partial charge on any atom is -0.467 e. The van der Waals surface area contributed by atoms with E-state index in [9.17, 15) is 27.6 Å². The Balaban J connectivity index is 1.92. The quantitative estimate of drug-likeness (QED) is 0.809. The molecule has 1 aromatic heterocycles. The van der Waals surface area contributed by atoms with Gasteiger partial charge in [-0.3, -0.25) is 19.8 Å². The number of carbonyl (C=O) groups is 3. The lowest BCUT2D eigenvalue weighted by atomic mass is 10.1. The molecule has 3 rings (SSSR count). The molecule has 4 amide bonds. The van der Waals surface area contributed by atoms with E-state index in [1.807, 2.05) is 0 Å². The zero-order chi connectivity index (χ0) is 18.9. The van der Waals surface area contributed by atoms with E-state index < -0.39 is 36.2 Å². The van der Waals surface area contributed by atoms with Crippen molar-refractivity contribution in [1.29, 1.82) is 0 Å². The lowest BCUT2D eigenvalue weighted by Gasteiger charge is -2.29. The molecule has 26 heavy (non-hydrogen) atoms. The van der Waals surface area contributed by atoms with Crippen molar-refractivity contribution in [3.05, 3.63) is 60.1 Å². The smallest absolute Gasteiger partial charge is 0.440 e. The third-order valence-electron chi connectivity index (χ3n) is 3.76. The van der Waals surface area contributed by atoms with E-state index >= 15 is 0 Å². The number of alkyl halides is 3. The average molecular weight is 367 g/mol. The fraction of sp³-hybridized carbons (Fsp3) is 0.188. The Kier molecular flexibility index (Phi) is 4.18. The summed E-state index contributed by atoms with van der Waals surface area (Å²) in [4.78, 5) is 36.9. The number of urea groups is 1. The van der Waals surface area contributed by atoms with Gasteiger partial charge in [-0.15, -0.1) is 0 Å². The Morgan fingerprint density at radius 2 is 1.85 bits per heavy atom. The number of imide groups is 1. The van der Waals surface area contributed by atoms with E-state index in [1.54, 1.807) is 16.7 Å². The summed E-state index contributed by atoms with van der Waals surface area (Å²) in [6, 6.07) is 8.60. The van der Waals surface area contributed by atoms with Crippen molar-refractivity contribution < 1.29 is 32.0 Å². The molecule has 136 valence electrons. The van der Waals surface area contributed by atoms with Crippen LogP contribution in [0.2, 0.25) is 0 Å². The second-order valence-corrected chi connectivity index (χ2v) is 5.47. The van der Waals surface area contributed by atoms with E-state index in [2.05, 4.69) is 0 Å². The minimum atomic E-state index is -5.26. The van der Waals surface area contributed by atoms with Crippen molar-refractivity contribution in [1.82, 2.24) is 15.5 Å². The molecule has 0 radical (unpaired) electrons. The van der Waals surface area contributed by atoms with Gasteiger partial charge in [0.15, 0.2) is 0 Å². The van der Waals surface area contributed by atoms with Crippen molar-refractivity contribution in [3.63, 3.8) is 0 Å². The van der Waals surface area contributed by atoms with Gasteiger partial charge in [0.2, 0.25) is 0 Å². The number of amides is 4. The van der Waals surface area contributed by atoms with Crippen LogP contribution in [0.1, 0.15) is 16.1 Å². The lowest BCUT2D eigenvalue weighted by Crippen LogP contribution is -2.69. The number of nitrogens with one attached hydrogen (secondary N) is 2. The number of benzene rings is 1. The number of hydrogen-bond donors (Lipinski definition) is 2. The first kappa shape index (κ1) is 17.5. The third-order valence-corrected chi connectivity index (χ3v) is 3.76. The second kappa shape index (κ2) is 6.21. The number of halogens is 3. The molecule has 1 atom stereocenters. The van der Waals surface area contributed by atoms with Crippen LogP contribution in [0, 0.1) is 0 Å². The fourth-order valence-corrected chi connectivity index (χ4v) is 2.46. The molecule has 1 saturated heterocycles. The third kappa shape index (κ3) is 2.89. The summed E-state index contributed by atoms with van der Waals surface area (Å²) >= 11 is 0. The highest BCUT2D eigenvalue weighted by Crippen LogP contribution is 2.34. The summed E-state index contributed by atoms with van der Waals surface area (Å²) in [6.45, 7) is -0.503. The van der Waals surface area contributed by atoms with Gasteiger partial charge in [-0.25, -0.2) is 4.79 Å². The van der Waals surface area contributed by atoms with Gasteiger partial charge in [0.1, 0.15) is 5.76 Å². The molecular weight excluding hydrogens is 355 g/mol. The second-order valence-electron chi connectivity index (χ2n) is 5.47. The molecule has 7 nitrogen and oxygen atoms in total. The summed E-state index contributed by atoms with van der Waals surface area (Å²) in [5.41, 5.74) is -3.65. The van der Waals surface area contributed by atoms with Gasteiger partial charge in [0.05, 0.1) is 12.8 Å². The van der Waals surface area contributed by atoms with E-state index in [0.717, 1.165) is 0 Å². The maximum Gasteiger partial charge on any atom is 0.440 e. The molecule has 2 N–H and O–H groups in total. The van der Waals surface area contributed by atoms with Crippen LogP contribution in [0.25, 0.3) is 0 Å². The van der Waals surface area contributed by atoms with E-state index in [0.29, 0.717) is 4.90 Å². The Labute approximate surface area is 144 Å². The monoisotopic (exact) mass is 367 g/mol. The molecule has 1 aromatic carbocycles. The number of nitrogens with zero attached hydrogens (tertiary/aromatic N) is 1. The maximum absolute atomic E-state index is 13.7. The number of furan rings is 1. The standard InChI is InChI=1S/C16H12F3N3O4/c17-16(18,19)15(20-12(23)10-5-2-1-3-6-10)13(24)22(14(25)21-15)9-11-7-4-8-26-11/h1-8H,9H2,(H,20,23)(H,21,25)/t15-/m0/s1. The molecule has 1 aliphatic rings. The Bertz CT molecular complexity index is 836. The van der Waals surface area contributed by atoms with Gasteiger partial charge in [0.25, 0.3) is 17.5 Å². The van der Waals surface area contributed by atoms with Crippen LogP contribution in [0.4, 0.5) is 18.0 Å². The molecule has 2 heterocycles. The van der Waals surface area contributed by atoms with Crippen LogP contribution >= 0.6 is 0 Å². The normalized spacial score (nSPS) is 20.2. The minimum absolute atomic E-state index is 0.0948. The highest BCUT2D eigenvalue weighted by molar-refractivity contribution is 6.10. The first-order valence-corrected chi connectivity index (χ1v) is 7.35. The highest BCUT2D eigenvalue weighted by atomic mass is 19.4. The van der Waals surface area contributed by atoms with Gasteiger partial charge in [0, 0.05) is 5.56 Å². The zero-order valence-corrected chi connectivity index (χ0v) is 13.0. The van der Waals surface area contributed by atoms with Gasteiger partial charge in [-0.2, -0.15) is 13.2 Å². The van der Waals surface area contributed by atoms with E-state index in [4.69, 9.17) is 4.42 Å². The van der Waals surface area contributed by atoms with Crippen molar-refractivity contribution in [2.45, 2.75) is 18.4 Å². The molecule has 10 heteroatoms. The van der Waals surface area contributed by atoms with Gasteiger partial charge in [-0.05, 0) is 24.3 Å². The predicted octanol–water partition coefficient (Wildman–Crippen LogP) is 2.02. The van der Waals surface area contributed by atoms with Crippen LogP contribution in [0.3, 0.4) is 0 Å². The van der Waals surface area contributed by atoms with Crippen molar-refractivity contribution in [3.8, 4) is 0 Å². The van der Waals surface area contributed by atoms with Crippen LogP contribution < -0.4 is 10.6 Å². The largest absolute Gasteiger partial charge is 0.467 e. The highest BCUT2D eigenvalue weighted by Gasteiger charge is 2.68. The van der Waals surface area contributed by atoms with Crippen molar-refractivity contribution in [2.24, 2.45) is 0 Å². The van der Waals surface area contributed by atoms with Crippen molar-refractivity contribution >= 4 is 17.8 Å². The summed E-state index contributed by atoms with van der Waals surface area (Å²) in [6.07, 6.45) is -4.01. The zero-order valence-electron chi connectivity index (χ0n) is 13.0. The summed E-state index contributed by atoms with van der Waals surface area (Å²) in [5.74, 6) is -2.69. The number of hydrogen-bond acceptors (Lipinski definition) is 4. The molecule has 1 fully saturated rings. The maximum atomic E-state index is 13.7. The van der Waals surface area contributed by atoms with Crippen LogP contribution in [0.15, 0.2) is 53.1 Å².